The fraction of sp³-hybridized carbons (Fsp3) is 0.588. The van der Waals surface area contributed by atoms with E-state index in [0.717, 1.165) is 24.8 Å². The highest BCUT2D eigenvalue weighted by Gasteiger charge is 2.35. The zero-order chi connectivity index (χ0) is 16.4. The number of nitrogens with one attached hydrogen (secondary N) is 1. The predicted octanol–water partition coefficient (Wildman–Crippen LogP) is 2.19. The normalized spacial score (nSPS) is 25.3. The first-order valence-corrected chi connectivity index (χ1v) is 8.52. The molecule has 2 fully saturated rings. The van der Waals surface area contributed by atoms with Crippen molar-refractivity contribution in [1.29, 1.82) is 0 Å². The SMILES string of the molecule is O=C(N[C@@H]1CN(Cc2ccc(F)c(Cl)c2)C[C@H]1CO)C1CCC1. The van der Waals surface area contributed by atoms with E-state index < -0.39 is 5.82 Å². The summed E-state index contributed by atoms with van der Waals surface area (Å²) in [5, 5.41) is 12.8. The smallest absolute Gasteiger partial charge is 0.223 e. The number of aliphatic hydroxyl groups is 1. The van der Waals surface area contributed by atoms with Crippen LogP contribution in [0.25, 0.3) is 0 Å². The molecule has 1 aliphatic heterocycles. The number of rotatable bonds is 5. The number of carbonyl (C=O) groups excluding carboxylic acids is 1. The maximum atomic E-state index is 13.2. The van der Waals surface area contributed by atoms with E-state index in [1.807, 2.05) is 0 Å². The van der Waals surface area contributed by atoms with Crippen molar-refractivity contribution in [3.63, 3.8) is 0 Å². The largest absolute Gasteiger partial charge is 0.396 e. The molecular formula is C17H22ClFN2O2. The number of hydrogen-bond donors (Lipinski definition) is 2. The number of aliphatic hydroxyl groups excluding tert-OH is 1. The molecule has 1 amide bonds. The van der Waals surface area contributed by atoms with Crippen LogP contribution in [0.4, 0.5) is 4.39 Å². The Morgan fingerprint density at radius 1 is 1.39 bits per heavy atom. The van der Waals surface area contributed by atoms with Gasteiger partial charge in [0.15, 0.2) is 0 Å². The quantitative estimate of drug-likeness (QED) is 0.864. The van der Waals surface area contributed by atoms with Crippen LogP contribution < -0.4 is 5.32 Å². The number of amides is 1. The van der Waals surface area contributed by atoms with Gasteiger partial charge < -0.3 is 10.4 Å². The minimum Gasteiger partial charge on any atom is -0.396 e. The van der Waals surface area contributed by atoms with Gasteiger partial charge in [-0.05, 0) is 30.5 Å². The molecule has 23 heavy (non-hydrogen) atoms. The van der Waals surface area contributed by atoms with E-state index in [0.29, 0.717) is 19.6 Å². The summed E-state index contributed by atoms with van der Waals surface area (Å²) < 4.78 is 13.2. The molecular weight excluding hydrogens is 319 g/mol. The Bertz CT molecular complexity index is 580. The monoisotopic (exact) mass is 340 g/mol. The lowest BCUT2D eigenvalue weighted by atomic mass is 9.84. The second-order valence-electron chi connectivity index (χ2n) is 6.63. The van der Waals surface area contributed by atoms with Gasteiger partial charge in [-0.3, -0.25) is 9.69 Å². The van der Waals surface area contributed by atoms with Crippen molar-refractivity contribution in [2.75, 3.05) is 19.7 Å². The minimum atomic E-state index is -0.421. The highest BCUT2D eigenvalue weighted by molar-refractivity contribution is 6.30. The molecule has 6 heteroatoms. The first-order valence-electron chi connectivity index (χ1n) is 8.14. The summed E-state index contributed by atoms with van der Waals surface area (Å²) in [7, 11) is 0. The third-order valence-electron chi connectivity index (χ3n) is 4.94. The Labute approximate surface area is 140 Å². The zero-order valence-electron chi connectivity index (χ0n) is 13.0. The first kappa shape index (κ1) is 16.7. The Morgan fingerprint density at radius 2 is 2.17 bits per heavy atom. The van der Waals surface area contributed by atoms with Crippen LogP contribution in [-0.4, -0.2) is 41.7 Å². The van der Waals surface area contributed by atoms with E-state index in [9.17, 15) is 14.3 Å². The van der Waals surface area contributed by atoms with Gasteiger partial charge >= 0.3 is 0 Å². The number of hydrogen-bond acceptors (Lipinski definition) is 3. The third kappa shape index (κ3) is 3.84. The highest BCUT2D eigenvalue weighted by Crippen LogP contribution is 2.28. The third-order valence-corrected chi connectivity index (χ3v) is 5.23. The van der Waals surface area contributed by atoms with Gasteiger partial charge in [-0.2, -0.15) is 0 Å². The van der Waals surface area contributed by atoms with Gasteiger partial charge in [-0.25, -0.2) is 4.39 Å². The lowest BCUT2D eigenvalue weighted by Crippen LogP contribution is -2.45. The molecule has 1 saturated heterocycles. The molecule has 126 valence electrons. The molecule has 2 aliphatic rings. The maximum absolute atomic E-state index is 13.2. The molecule has 4 nitrogen and oxygen atoms in total. The Hall–Kier alpha value is -1.17. The summed E-state index contributed by atoms with van der Waals surface area (Å²) in [5.41, 5.74) is 0.930. The minimum absolute atomic E-state index is 0.0241. The topological polar surface area (TPSA) is 52.6 Å². The second-order valence-corrected chi connectivity index (χ2v) is 7.04. The molecule has 0 radical (unpaired) electrons. The van der Waals surface area contributed by atoms with Gasteiger partial charge in [0.05, 0.1) is 5.02 Å². The molecule has 2 N–H and O–H groups in total. The molecule has 0 unspecified atom stereocenters. The summed E-state index contributed by atoms with van der Waals surface area (Å²) in [4.78, 5) is 14.3. The summed E-state index contributed by atoms with van der Waals surface area (Å²) >= 11 is 5.82. The van der Waals surface area contributed by atoms with Crippen molar-refractivity contribution in [2.45, 2.75) is 31.8 Å². The number of nitrogens with zero attached hydrogens (tertiary/aromatic N) is 1. The van der Waals surface area contributed by atoms with Gasteiger partial charge in [-0.15, -0.1) is 0 Å². The molecule has 1 aromatic carbocycles. The molecule has 1 heterocycles. The van der Waals surface area contributed by atoms with Gasteiger partial charge in [0.1, 0.15) is 5.82 Å². The van der Waals surface area contributed by atoms with Crippen LogP contribution in [0, 0.1) is 17.7 Å². The summed E-state index contributed by atoms with van der Waals surface area (Å²) in [6.07, 6.45) is 3.07. The van der Waals surface area contributed by atoms with E-state index in [-0.39, 0.29) is 35.4 Å². The molecule has 1 aromatic rings. The number of carbonyl (C=O) groups is 1. The van der Waals surface area contributed by atoms with Gasteiger partial charge in [0.2, 0.25) is 5.91 Å². The molecule has 1 aliphatic carbocycles. The second kappa shape index (κ2) is 7.16. The lowest BCUT2D eigenvalue weighted by molar-refractivity contribution is -0.128. The molecule has 2 atom stereocenters. The molecule has 0 spiro atoms. The van der Waals surface area contributed by atoms with Crippen molar-refractivity contribution < 1.29 is 14.3 Å². The van der Waals surface area contributed by atoms with Crippen LogP contribution in [-0.2, 0) is 11.3 Å². The predicted molar refractivity (Wildman–Crippen MR) is 86.5 cm³/mol. The van der Waals surface area contributed by atoms with Crippen LogP contribution in [0.2, 0.25) is 5.02 Å². The van der Waals surface area contributed by atoms with Gasteiger partial charge in [0, 0.05) is 44.1 Å². The standard InChI is InChI=1S/C17H22ClFN2O2/c18-14-6-11(4-5-15(14)19)7-21-8-13(10-22)16(9-21)20-17(23)12-2-1-3-12/h4-6,12-13,16,22H,1-3,7-10H2,(H,20,23)/t13-,16+/m0/s1. The zero-order valence-corrected chi connectivity index (χ0v) is 13.7. The first-order chi connectivity index (χ1) is 11.1. The molecule has 1 saturated carbocycles. The average molecular weight is 341 g/mol. The molecule has 0 bridgehead atoms. The fourth-order valence-corrected chi connectivity index (χ4v) is 3.51. The number of likely N-dealkylation sites (tertiary alicyclic amines) is 1. The van der Waals surface area contributed by atoms with E-state index in [1.54, 1.807) is 12.1 Å². The van der Waals surface area contributed by atoms with Crippen molar-refractivity contribution in [3.05, 3.63) is 34.6 Å². The van der Waals surface area contributed by atoms with Crippen LogP contribution >= 0.6 is 11.6 Å². The van der Waals surface area contributed by atoms with E-state index in [4.69, 9.17) is 11.6 Å². The summed E-state index contributed by atoms with van der Waals surface area (Å²) in [5.74, 6) is -0.115. The van der Waals surface area contributed by atoms with Gasteiger partial charge in [-0.1, -0.05) is 24.1 Å². The van der Waals surface area contributed by atoms with Crippen LogP contribution in [0.15, 0.2) is 18.2 Å². The lowest BCUT2D eigenvalue weighted by Gasteiger charge is -2.27. The number of halogens is 2. The fourth-order valence-electron chi connectivity index (χ4n) is 3.31. The summed E-state index contributed by atoms with van der Waals surface area (Å²) in [6, 6.07) is 4.69. The Balaban J connectivity index is 1.59. The van der Waals surface area contributed by atoms with Crippen LogP contribution in [0.3, 0.4) is 0 Å². The average Bonchev–Trinajstić information content (AvgIpc) is 2.82. The Kier molecular flexibility index (Phi) is 5.19. The Morgan fingerprint density at radius 3 is 2.78 bits per heavy atom. The van der Waals surface area contributed by atoms with E-state index >= 15 is 0 Å². The van der Waals surface area contributed by atoms with Crippen LogP contribution in [0.1, 0.15) is 24.8 Å². The van der Waals surface area contributed by atoms with Crippen LogP contribution in [0.5, 0.6) is 0 Å². The van der Waals surface area contributed by atoms with Gasteiger partial charge in [0.25, 0.3) is 0 Å². The van der Waals surface area contributed by atoms with Crippen molar-refractivity contribution in [2.24, 2.45) is 11.8 Å². The maximum Gasteiger partial charge on any atom is 0.223 e. The molecule has 3 rings (SSSR count). The van der Waals surface area contributed by atoms with Crippen molar-refractivity contribution in [1.82, 2.24) is 10.2 Å². The number of benzene rings is 1. The van der Waals surface area contributed by atoms with E-state index in [2.05, 4.69) is 10.2 Å². The van der Waals surface area contributed by atoms with Crippen molar-refractivity contribution >= 4 is 17.5 Å². The highest BCUT2D eigenvalue weighted by atomic mass is 35.5. The summed E-state index contributed by atoms with van der Waals surface area (Å²) in [6.45, 7) is 2.09. The van der Waals surface area contributed by atoms with Crippen molar-refractivity contribution in [3.8, 4) is 0 Å². The van der Waals surface area contributed by atoms with E-state index in [1.165, 1.54) is 6.07 Å². The molecule has 0 aromatic heterocycles.